The van der Waals surface area contributed by atoms with Crippen LogP contribution in [0, 0.1) is 17.6 Å². The van der Waals surface area contributed by atoms with Crippen molar-refractivity contribution in [1.29, 1.82) is 0 Å². The normalized spacial score (nSPS) is 21.8. The number of likely N-dealkylation sites (N-methyl/N-ethyl adjacent to an activating group) is 1. The molecule has 2 aliphatic heterocycles. The SMILES string of the molecule is C=C1C[C@@H](C)CN(Cc2ccccc2)CCNc2nc(OCC3(CCC)CCCN3C)nc3c(F)cc(F)c1c23.CC. The fourth-order valence-corrected chi connectivity index (χ4v) is 6.50. The molecule has 2 atom stereocenters. The first kappa shape index (κ1) is 31.8. The van der Waals surface area contributed by atoms with E-state index >= 15 is 8.78 Å². The van der Waals surface area contributed by atoms with Gasteiger partial charge in [0.2, 0.25) is 0 Å². The van der Waals surface area contributed by atoms with Crippen LogP contribution in [0.5, 0.6) is 6.01 Å². The lowest BCUT2D eigenvalue weighted by molar-refractivity contribution is 0.0828. The van der Waals surface area contributed by atoms with Crippen molar-refractivity contribution in [3.63, 3.8) is 0 Å². The minimum absolute atomic E-state index is 0.0578. The van der Waals surface area contributed by atoms with Gasteiger partial charge in [0.05, 0.1) is 10.9 Å². The van der Waals surface area contributed by atoms with Gasteiger partial charge in [-0.2, -0.15) is 9.97 Å². The van der Waals surface area contributed by atoms with Gasteiger partial charge in [0.15, 0.2) is 5.82 Å². The van der Waals surface area contributed by atoms with Gasteiger partial charge in [-0.15, -0.1) is 0 Å². The van der Waals surface area contributed by atoms with Gasteiger partial charge in [-0.1, -0.05) is 71.0 Å². The molecule has 0 bridgehead atoms. The van der Waals surface area contributed by atoms with Gasteiger partial charge in [-0.05, 0) is 56.3 Å². The summed E-state index contributed by atoms with van der Waals surface area (Å²) in [4.78, 5) is 13.9. The highest BCUT2D eigenvalue weighted by atomic mass is 19.1. The van der Waals surface area contributed by atoms with Crippen molar-refractivity contribution in [2.45, 2.75) is 71.9 Å². The number of ether oxygens (including phenoxy) is 1. The van der Waals surface area contributed by atoms with Gasteiger partial charge in [0.1, 0.15) is 23.8 Å². The number of nitrogens with zero attached hydrogens (tertiary/aromatic N) is 4. The van der Waals surface area contributed by atoms with Crippen LogP contribution in [0.15, 0.2) is 43.0 Å². The zero-order valence-electron chi connectivity index (χ0n) is 26.0. The third-order valence-corrected chi connectivity index (χ3v) is 8.48. The highest BCUT2D eigenvalue weighted by Crippen LogP contribution is 2.38. The number of halogens is 2. The van der Waals surface area contributed by atoms with Crippen LogP contribution in [0.25, 0.3) is 16.5 Å². The fourth-order valence-electron chi connectivity index (χ4n) is 6.50. The van der Waals surface area contributed by atoms with E-state index in [-0.39, 0.29) is 28.5 Å². The largest absolute Gasteiger partial charge is 0.461 e. The van der Waals surface area contributed by atoms with E-state index in [1.807, 2.05) is 32.0 Å². The van der Waals surface area contributed by atoms with Gasteiger partial charge >= 0.3 is 6.01 Å². The summed E-state index contributed by atoms with van der Waals surface area (Å²) in [6.45, 7) is 16.9. The Labute approximate surface area is 250 Å². The fraction of sp³-hybridized carbons (Fsp3) is 0.529. The summed E-state index contributed by atoms with van der Waals surface area (Å²) in [6.07, 6.45) is 4.77. The topological polar surface area (TPSA) is 53.5 Å². The summed E-state index contributed by atoms with van der Waals surface area (Å²) < 4.78 is 36.9. The van der Waals surface area contributed by atoms with Crippen LogP contribution in [0.3, 0.4) is 0 Å². The number of rotatable bonds is 7. The number of nitrogens with one attached hydrogen (secondary N) is 1. The van der Waals surface area contributed by atoms with Crippen molar-refractivity contribution in [2.75, 3.05) is 45.2 Å². The summed E-state index contributed by atoms with van der Waals surface area (Å²) in [5.74, 6) is -0.765. The van der Waals surface area contributed by atoms with E-state index in [0.717, 1.165) is 57.9 Å². The molecule has 5 rings (SSSR count). The van der Waals surface area contributed by atoms with Crippen LogP contribution in [0.1, 0.15) is 70.9 Å². The highest BCUT2D eigenvalue weighted by molar-refractivity contribution is 5.99. The molecule has 2 aliphatic rings. The third-order valence-electron chi connectivity index (χ3n) is 8.48. The zero-order valence-corrected chi connectivity index (χ0v) is 26.0. The van der Waals surface area contributed by atoms with Crippen LogP contribution >= 0.6 is 0 Å². The van der Waals surface area contributed by atoms with E-state index in [4.69, 9.17) is 9.72 Å². The van der Waals surface area contributed by atoms with Crippen molar-refractivity contribution in [3.8, 4) is 6.01 Å². The molecule has 0 radical (unpaired) electrons. The minimum atomic E-state index is -0.728. The zero-order chi connectivity index (χ0) is 30.3. The van der Waals surface area contributed by atoms with E-state index in [9.17, 15) is 0 Å². The van der Waals surface area contributed by atoms with Crippen molar-refractivity contribution in [1.82, 2.24) is 19.8 Å². The number of hydrogen-bond donors (Lipinski definition) is 1. The summed E-state index contributed by atoms with van der Waals surface area (Å²) in [5.41, 5.74) is 2.10. The Morgan fingerprint density at radius 3 is 2.57 bits per heavy atom. The molecule has 1 saturated heterocycles. The van der Waals surface area contributed by atoms with E-state index in [1.54, 1.807) is 0 Å². The minimum Gasteiger partial charge on any atom is -0.461 e. The maximum atomic E-state index is 15.4. The molecule has 8 heteroatoms. The number of anilines is 1. The quantitative estimate of drug-likeness (QED) is 0.312. The number of hydrogen-bond acceptors (Lipinski definition) is 6. The smallest absolute Gasteiger partial charge is 0.319 e. The van der Waals surface area contributed by atoms with Crippen molar-refractivity contribution in [2.24, 2.45) is 5.92 Å². The monoisotopic (exact) mass is 579 g/mol. The molecule has 42 heavy (non-hydrogen) atoms. The van der Waals surface area contributed by atoms with Crippen LogP contribution in [-0.2, 0) is 6.54 Å². The number of likely N-dealkylation sites (tertiary alicyclic amines) is 1. The molecular formula is C34H47F2N5O. The predicted octanol–water partition coefficient (Wildman–Crippen LogP) is 7.54. The molecule has 1 fully saturated rings. The lowest BCUT2D eigenvalue weighted by atomic mass is 9.92. The Morgan fingerprint density at radius 1 is 1.12 bits per heavy atom. The molecule has 3 aromatic rings. The molecule has 2 aromatic carbocycles. The molecule has 1 N–H and O–H groups in total. The molecule has 0 amide bonds. The van der Waals surface area contributed by atoms with Gasteiger partial charge in [-0.3, -0.25) is 9.80 Å². The van der Waals surface area contributed by atoms with E-state index < -0.39 is 11.6 Å². The number of allylic oxidation sites excluding steroid dienone is 1. The second-order valence-corrected chi connectivity index (χ2v) is 11.6. The van der Waals surface area contributed by atoms with Crippen LogP contribution in [0.2, 0.25) is 0 Å². The molecule has 1 aromatic heterocycles. The highest BCUT2D eigenvalue weighted by Gasteiger charge is 2.39. The van der Waals surface area contributed by atoms with E-state index in [0.29, 0.717) is 36.3 Å². The molecule has 228 valence electrons. The Hall–Kier alpha value is -3.10. The van der Waals surface area contributed by atoms with Crippen molar-refractivity contribution >= 4 is 22.3 Å². The number of aromatic nitrogens is 2. The molecular weight excluding hydrogens is 532 g/mol. The Bertz CT molecular complexity index is 1350. The Morgan fingerprint density at radius 2 is 1.88 bits per heavy atom. The second kappa shape index (κ2) is 14.4. The maximum Gasteiger partial charge on any atom is 0.319 e. The first-order valence-corrected chi connectivity index (χ1v) is 15.5. The van der Waals surface area contributed by atoms with Gasteiger partial charge in [-0.25, -0.2) is 8.78 Å². The summed E-state index contributed by atoms with van der Waals surface area (Å²) >= 11 is 0. The standard InChI is InChI=1S/C32H41F2N5O.C2H6/c1-5-12-32(13-9-15-38(32)4)21-40-31-36-29-26(34)18-25(33)27-23(3)17-22(2)19-39(20-24-10-7-6-8-11-24)16-14-35-30(37-31)28(27)29;1-2/h6-8,10-11,18,22H,3,5,9,12-17,19-21H2,1-2,4H3,(H,35,36,37);1-2H3/t22-,32?;/m1./s1. The Kier molecular flexibility index (Phi) is 10.9. The number of benzene rings is 2. The summed E-state index contributed by atoms with van der Waals surface area (Å²) in [6, 6.07) is 11.4. The first-order chi connectivity index (χ1) is 20.3. The van der Waals surface area contributed by atoms with E-state index in [1.165, 1.54) is 5.56 Å². The summed E-state index contributed by atoms with van der Waals surface area (Å²) in [7, 11) is 2.13. The van der Waals surface area contributed by atoms with Gasteiger partial charge in [0, 0.05) is 37.8 Å². The molecule has 6 nitrogen and oxygen atoms in total. The second-order valence-electron chi connectivity index (χ2n) is 11.6. The average Bonchev–Trinajstić information content (AvgIpc) is 3.32. The molecule has 0 saturated carbocycles. The third kappa shape index (κ3) is 7.09. The summed E-state index contributed by atoms with van der Waals surface area (Å²) in [5, 5.41) is 3.72. The van der Waals surface area contributed by atoms with Crippen molar-refractivity contribution in [3.05, 3.63) is 65.7 Å². The lowest BCUT2D eigenvalue weighted by Gasteiger charge is -2.35. The van der Waals surface area contributed by atoms with Crippen LogP contribution < -0.4 is 10.1 Å². The van der Waals surface area contributed by atoms with Crippen LogP contribution in [0.4, 0.5) is 14.6 Å². The van der Waals surface area contributed by atoms with Gasteiger partial charge in [0.25, 0.3) is 0 Å². The van der Waals surface area contributed by atoms with Crippen molar-refractivity contribution < 1.29 is 13.5 Å². The maximum absolute atomic E-state index is 15.4. The van der Waals surface area contributed by atoms with E-state index in [2.05, 4.69) is 59.7 Å². The van der Waals surface area contributed by atoms with Crippen LogP contribution in [-0.4, -0.2) is 65.1 Å². The van der Waals surface area contributed by atoms with Gasteiger partial charge < -0.3 is 10.1 Å². The first-order valence-electron chi connectivity index (χ1n) is 15.5. The predicted molar refractivity (Wildman–Crippen MR) is 169 cm³/mol. The Balaban J connectivity index is 0.00000198. The molecule has 1 unspecified atom stereocenters. The average molecular weight is 580 g/mol. The lowest BCUT2D eigenvalue weighted by Crippen LogP contribution is -2.46. The molecule has 0 spiro atoms. The molecule has 0 aliphatic carbocycles. The molecule has 3 heterocycles.